The van der Waals surface area contributed by atoms with Gasteiger partial charge in [0.25, 0.3) is 0 Å². The van der Waals surface area contributed by atoms with E-state index >= 15 is 0 Å². The second kappa shape index (κ2) is 7.00. The predicted octanol–water partition coefficient (Wildman–Crippen LogP) is 4.23. The van der Waals surface area contributed by atoms with Crippen molar-refractivity contribution in [3.8, 4) is 0 Å². The molecule has 1 heterocycles. The number of hydrogen-bond acceptors (Lipinski definition) is 4. The van der Waals surface area contributed by atoms with Crippen LogP contribution in [0.15, 0.2) is 4.52 Å². The average Bonchev–Trinajstić information content (AvgIpc) is 2.96. The first kappa shape index (κ1) is 15.2. The summed E-state index contributed by atoms with van der Waals surface area (Å²) < 4.78 is 5.30. The fourth-order valence-electron chi connectivity index (χ4n) is 3.15. The third kappa shape index (κ3) is 3.47. The highest BCUT2D eigenvalue weighted by Crippen LogP contribution is 2.36. The van der Waals surface area contributed by atoms with Crippen molar-refractivity contribution in [2.75, 3.05) is 0 Å². The maximum Gasteiger partial charge on any atom is 0.236 e. The molecule has 0 N–H and O–H groups in total. The van der Waals surface area contributed by atoms with E-state index in [1.807, 2.05) is 13.8 Å². The van der Waals surface area contributed by atoms with Crippen molar-refractivity contribution in [2.24, 2.45) is 5.92 Å². The molecule has 0 bridgehead atoms. The molecule has 0 spiro atoms. The zero-order valence-corrected chi connectivity index (χ0v) is 12.9. The van der Waals surface area contributed by atoms with Gasteiger partial charge < -0.3 is 4.52 Å². The Morgan fingerprint density at radius 2 is 2.00 bits per heavy atom. The van der Waals surface area contributed by atoms with Gasteiger partial charge in [0, 0.05) is 12.3 Å². The largest absolute Gasteiger partial charge is 0.339 e. The normalized spacial score (nSPS) is 24.6. The molecular formula is C16H26N2O2. The summed E-state index contributed by atoms with van der Waals surface area (Å²) in [6, 6.07) is 0. The molecule has 4 nitrogen and oxygen atoms in total. The summed E-state index contributed by atoms with van der Waals surface area (Å²) in [5.74, 6) is 2.49. The van der Waals surface area contributed by atoms with Gasteiger partial charge >= 0.3 is 0 Å². The molecule has 112 valence electrons. The summed E-state index contributed by atoms with van der Waals surface area (Å²) in [5.41, 5.74) is 0. The molecule has 0 saturated heterocycles. The molecule has 0 aliphatic heterocycles. The average molecular weight is 278 g/mol. The Kier molecular flexibility index (Phi) is 5.32. The van der Waals surface area contributed by atoms with Crippen LogP contribution in [-0.2, 0) is 4.79 Å². The first-order valence-electron chi connectivity index (χ1n) is 8.01. The molecule has 20 heavy (non-hydrogen) atoms. The molecule has 2 rings (SSSR count). The van der Waals surface area contributed by atoms with E-state index in [9.17, 15) is 4.79 Å². The number of carbonyl (C=O) groups excluding carboxylic acids is 1. The Morgan fingerprint density at radius 3 is 2.60 bits per heavy atom. The number of Topliss-reactive ketones (excluding diaryl/α,β-unsaturated/α-hetero) is 1. The van der Waals surface area contributed by atoms with Gasteiger partial charge in [0.05, 0.1) is 5.92 Å². The van der Waals surface area contributed by atoms with Crippen molar-refractivity contribution in [1.82, 2.24) is 10.1 Å². The zero-order chi connectivity index (χ0) is 14.5. The topological polar surface area (TPSA) is 56.0 Å². The molecule has 1 fully saturated rings. The van der Waals surface area contributed by atoms with Crippen LogP contribution < -0.4 is 0 Å². The molecule has 1 aromatic rings. The summed E-state index contributed by atoms with van der Waals surface area (Å²) >= 11 is 0. The highest BCUT2D eigenvalue weighted by molar-refractivity contribution is 5.83. The van der Waals surface area contributed by atoms with Crippen LogP contribution in [0.5, 0.6) is 0 Å². The van der Waals surface area contributed by atoms with Crippen molar-refractivity contribution >= 4 is 5.78 Å². The lowest BCUT2D eigenvalue weighted by Crippen LogP contribution is -2.14. The standard InChI is InChI=1S/C16H26N2O2/c1-4-6-12-7-9-13(10-8-12)15-17-16(20-18-15)11(3)14(19)5-2/h11-13H,4-10H2,1-3H3. The molecule has 0 aromatic carbocycles. The quantitative estimate of drug-likeness (QED) is 0.781. The summed E-state index contributed by atoms with van der Waals surface area (Å²) in [5, 5.41) is 4.11. The van der Waals surface area contributed by atoms with Crippen LogP contribution >= 0.6 is 0 Å². The Balaban J connectivity index is 1.95. The molecule has 1 aliphatic carbocycles. The molecule has 0 amide bonds. The van der Waals surface area contributed by atoms with Crippen molar-refractivity contribution < 1.29 is 9.32 Å². The molecule has 1 aromatic heterocycles. The maximum absolute atomic E-state index is 11.7. The van der Waals surface area contributed by atoms with Gasteiger partial charge in [-0.2, -0.15) is 4.98 Å². The smallest absolute Gasteiger partial charge is 0.236 e. The second-order valence-corrected chi connectivity index (χ2v) is 6.04. The summed E-state index contributed by atoms with van der Waals surface area (Å²) in [7, 11) is 0. The van der Waals surface area contributed by atoms with E-state index in [-0.39, 0.29) is 11.7 Å². The van der Waals surface area contributed by atoms with E-state index in [1.165, 1.54) is 25.7 Å². The first-order valence-corrected chi connectivity index (χ1v) is 8.01. The van der Waals surface area contributed by atoms with Gasteiger partial charge in [-0.25, -0.2) is 0 Å². The lowest BCUT2D eigenvalue weighted by Gasteiger charge is -2.26. The SMILES string of the molecule is CCCC1CCC(c2noc(C(C)C(=O)CC)n2)CC1. The van der Waals surface area contributed by atoms with Crippen LogP contribution in [-0.4, -0.2) is 15.9 Å². The van der Waals surface area contributed by atoms with Gasteiger partial charge in [-0.05, 0) is 38.5 Å². The lowest BCUT2D eigenvalue weighted by atomic mass is 9.80. The van der Waals surface area contributed by atoms with Gasteiger partial charge in [-0.1, -0.05) is 31.8 Å². The number of aromatic nitrogens is 2. The second-order valence-electron chi connectivity index (χ2n) is 6.04. The Morgan fingerprint density at radius 1 is 1.30 bits per heavy atom. The third-order valence-corrected chi connectivity index (χ3v) is 4.57. The number of hydrogen-bond donors (Lipinski definition) is 0. The lowest BCUT2D eigenvalue weighted by molar-refractivity contribution is -0.120. The monoisotopic (exact) mass is 278 g/mol. The summed E-state index contributed by atoms with van der Waals surface area (Å²) in [6.45, 7) is 5.97. The van der Waals surface area contributed by atoms with E-state index < -0.39 is 0 Å². The molecule has 0 radical (unpaired) electrons. The van der Waals surface area contributed by atoms with Crippen LogP contribution in [0.3, 0.4) is 0 Å². The van der Waals surface area contributed by atoms with Crippen LogP contribution in [0, 0.1) is 5.92 Å². The minimum Gasteiger partial charge on any atom is -0.339 e. The Labute approximate surface area is 121 Å². The van der Waals surface area contributed by atoms with Crippen molar-refractivity contribution in [3.63, 3.8) is 0 Å². The van der Waals surface area contributed by atoms with E-state index in [4.69, 9.17) is 4.52 Å². The Hall–Kier alpha value is -1.19. The van der Waals surface area contributed by atoms with Crippen molar-refractivity contribution in [2.45, 2.75) is 77.6 Å². The third-order valence-electron chi connectivity index (χ3n) is 4.57. The van der Waals surface area contributed by atoms with Crippen molar-refractivity contribution in [3.05, 3.63) is 11.7 Å². The number of nitrogens with zero attached hydrogens (tertiary/aromatic N) is 2. The molecule has 1 saturated carbocycles. The number of ketones is 1. The van der Waals surface area contributed by atoms with E-state index in [0.29, 0.717) is 18.2 Å². The first-order chi connectivity index (χ1) is 9.65. The molecule has 1 unspecified atom stereocenters. The number of rotatable bonds is 6. The van der Waals surface area contributed by atoms with E-state index in [0.717, 1.165) is 24.6 Å². The van der Waals surface area contributed by atoms with Gasteiger partial charge in [0.15, 0.2) is 5.82 Å². The van der Waals surface area contributed by atoms with E-state index in [1.54, 1.807) is 0 Å². The maximum atomic E-state index is 11.7. The predicted molar refractivity (Wildman–Crippen MR) is 77.6 cm³/mol. The van der Waals surface area contributed by atoms with Gasteiger partial charge in [-0.3, -0.25) is 4.79 Å². The number of carbonyl (C=O) groups is 1. The summed E-state index contributed by atoms with van der Waals surface area (Å²) in [6.07, 6.45) is 7.97. The van der Waals surface area contributed by atoms with Crippen LogP contribution in [0.2, 0.25) is 0 Å². The highest BCUT2D eigenvalue weighted by atomic mass is 16.5. The van der Waals surface area contributed by atoms with Crippen LogP contribution in [0.1, 0.15) is 89.3 Å². The van der Waals surface area contributed by atoms with Crippen LogP contribution in [0.4, 0.5) is 0 Å². The summed E-state index contributed by atoms with van der Waals surface area (Å²) in [4.78, 5) is 16.2. The molecular weight excluding hydrogens is 252 g/mol. The van der Waals surface area contributed by atoms with Crippen LogP contribution in [0.25, 0.3) is 0 Å². The minimum atomic E-state index is -0.266. The van der Waals surface area contributed by atoms with Gasteiger partial charge in [0.2, 0.25) is 5.89 Å². The molecule has 1 aliphatic rings. The highest BCUT2D eigenvalue weighted by Gasteiger charge is 2.27. The Bertz CT molecular complexity index is 433. The van der Waals surface area contributed by atoms with E-state index in [2.05, 4.69) is 17.1 Å². The zero-order valence-electron chi connectivity index (χ0n) is 12.9. The fraction of sp³-hybridized carbons (Fsp3) is 0.812. The minimum absolute atomic E-state index is 0.159. The molecule has 4 heteroatoms. The molecule has 1 atom stereocenters. The van der Waals surface area contributed by atoms with Gasteiger partial charge in [0.1, 0.15) is 5.78 Å². The fourth-order valence-corrected chi connectivity index (χ4v) is 3.15. The van der Waals surface area contributed by atoms with Gasteiger partial charge in [-0.15, -0.1) is 0 Å². The van der Waals surface area contributed by atoms with Crippen molar-refractivity contribution in [1.29, 1.82) is 0 Å².